The van der Waals surface area contributed by atoms with Gasteiger partial charge in [0, 0.05) is 6.04 Å². The molecule has 0 spiro atoms. The van der Waals surface area contributed by atoms with Crippen molar-refractivity contribution in [2.45, 2.75) is 58.4 Å². The van der Waals surface area contributed by atoms with Crippen molar-refractivity contribution < 1.29 is 4.74 Å². The van der Waals surface area contributed by atoms with Gasteiger partial charge < -0.3 is 10.5 Å². The molecule has 0 aliphatic heterocycles. The second-order valence-corrected chi connectivity index (χ2v) is 6.32. The van der Waals surface area contributed by atoms with Gasteiger partial charge in [-0.25, -0.2) is 0 Å². The molecule has 0 radical (unpaired) electrons. The van der Waals surface area contributed by atoms with Crippen LogP contribution in [0.3, 0.4) is 0 Å². The van der Waals surface area contributed by atoms with Gasteiger partial charge in [-0.1, -0.05) is 45.2 Å². The van der Waals surface area contributed by atoms with Crippen molar-refractivity contribution in [1.29, 1.82) is 0 Å². The first-order chi connectivity index (χ1) is 9.70. The number of ether oxygens (including phenoxy) is 1. The quantitative estimate of drug-likeness (QED) is 0.764. The molecule has 2 nitrogen and oxygen atoms in total. The van der Waals surface area contributed by atoms with Gasteiger partial charge in [0.15, 0.2) is 0 Å². The summed E-state index contributed by atoms with van der Waals surface area (Å²) in [4.78, 5) is 0. The first-order valence-electron chi connectivity index (χ1n) is 8.19. The second-order valence-electron chi connectivity index (χ2n) is 6.32. The molecular formula is C18H29NO. The monoisotopic (exact) mass is 275 g/mol. The van der Waals surface area contributed by atoms with E-state index < -0.39 is 0 Å². The summed E-state index contributed by atoms with van der Waals surface area (Å²) in [6.45, 7) is 5.34. The van der Waals surface area contributed by atoms with E-state index in [-0.39, 0.29) is 6.04 Å². The number of hydrogen-bond acceptors (Lipinski definition) is 2. The first kappa shape index (κ1) is 15.4. The highest BCUT2D eigenvalue weighted by Crippen LogP contribution is 2.35. The van der Waals surface area contributed by atoms with E-state index in [9.17, 15) is 0 Å². The Hall–Kier alpha value is -1.02. The fraction of sp³-hybridized carbons (Fsp3) is 0.667. The lowest BCUT2D eigenvalue weighted by Gasteiger charge is -2.30. The van der Waals surface area contributed by atoms with Gasteiger partial charge in [0.1, 0.15) is 5.75 Å². The Kier molecular flexibility index (Phi) is 5.90. The van der Waals surface area contributed by atoms with Gasteiger partial charge >= 0.3 is 0 Å². The molecule has 20 heavy (non-hydrogen) atoms. The summed E-state index contributed by atoms with van der Waals surface area (Å²) in [5.41, 5.74) is 7.70. The average Bonchev–Trinajstić information content (AvgIpc) is 2.48. The molecule has 1 atom stereocenters. The predicted molar refractivity (Wildman–Crippen MR) is 84.9 cm³/mol. The number of hydrogen-bond donors (Lipinski definition) is 1. The number of nitrogens with two attached hydrogens (primary N) is 1. The van der Waals surface area contributed by atoms with Crippen LogP contribution in [0.4, 0.5) is 0 Å². The van der Waals surface area contributed by atoms with E-state index in [2.05, 4.69) is 38.1 Å². The van der Waals surface area contributed by atoms with Crippen LogP contribution in [0.1, 0.15) is 64.0 Å². The molecule has 0 bridgehead atoms. The van der Waals surface area contributed by atoms with Crippen molar-refractivity contribution in [3.05, 3.63) is 29.8 Å². The highest BCUT2D eigenvalue weighted by molar-refractivity contribution is 5.29. The normalized spacial score (nSPS) is 24.4. The van der Waals surface area contributed by atoms with Crippen LogP contribution in [0.2, 0.25) is 0 Å². The van der Waals surface area contributed by atoms with E-state index in [1.165, 1.54) is 37.7 Å². The summed E-state index contributed by atoms with van der Waals surface area (Å²) in [5, 5.41) is 0. The topological polar surface area (TPSA) is 35.2 Å². The van der Waals surface area contributed by atoms with Crippen LogP contribution in [0.5, 0.6) is 5.75 Å². The minimum atomic E-state index is 0.187. The van der Waals surface area contributed by atoms with E-state index in [4.69, 9.17) is 10.5 Å². The molecule has 112 valence electrons. The van der Waals surface area contributed by atoms with E-state index in [1.807, 2.05) is 0 Å². The Morgan fingerprint density at radius 1 is 1.15 bits per heavy atom. The van der Waals surface area contributed by atoms with Crippen molar-refractivity contribution in [2.24, 2.45) is 17.6 Å². The summed E-state index contributed by atoms with van der Waals surface area (Å²) in [7, 11) is 0. The van der Waals surface area contributed by atoms with Gasteiger partial charge in [-0.3, -0.25) is 0 Å². The Morgan fingerprint density at radius 3 is 2.40 bits per heavy atom. The maximum Gasteiger partial charge on any atom is 0.119 e. The maximum atomic E-state index is 6.45. The van der Waals surface area contributed by atoms with Crippen molar-refractivity contribution in [3.63, 3.8) is 0 Å². The van der Waals surface area contributed by atoms with Gasteiger partial charge in [-0.05, 0) is 48.8 Å². The Bertz CT molecular complexity index is 379. The molecule has 0 amide bonds. The van der Waals surface area contributed by atoms with E-state index in [1.54, 1.807) is 0 Å². The number of rotatable bonds is 6. The minimum absolute atomic E-state index is 0.187. The smallest absolute Gasteiger partial charge is 0.119 e. The van der Waals surface area contributed by atoms with Crippen LogP contribution in [0.15, 0.2) is 24.3 Å². The molecule has 0 heterocycles. The number of unbranched alkanes of at least 4 members (excludes halogenated alkanes) is 1. The molecule has 1 aromatic rings. The molecule has 1 unspecified atom stereocenters. The van der Waals surface area contributed by atoms with Crippen LogP contribution >= 0.6 is 0 Å². The van der Waals surface area contributed by atoms with Crippen LogP contribution in [-0.4, -0.2) is 6.61 Å². The SMILES string of the molecule is CCCCOc1ccc(C(N)C2CCC(C)CC2)cc1. The van der Waals surface area contributed by atoms with Crippen molar-refractivity contribution in [2.75, 3.05) is 6.61 Å². The lowest BCUT2D eigenvalue weighted by Crippen LogP contribution is -2.25. The fourth-order valence-corrected chi connectivity index (χ4v) is 3.04. The zero-order valence-electron chi connectivity index (χ0n) is 13.0. The standard InChI is InChI=1S/C18H29NO/c1-3-4-13-20-17-11-9-16(10-12-17)18(19)15-7-5-14(2)6-8-15/h9-12,14-15,18H,3-8,13,19H2,1-2H3. The van der Waals surface area contributed by atoms with E-state index in [0.717, 1.165) is 24.7 Å². The summed E-state index contributed by atoms with van der Waals surface area (Å²) in [6, 6.07) is 8.60. The third-order valence-corrected chi connectivity index (χ3v) is 4.60. The molecule has 1 saturated carbocycles. The third kappa shape index (κ3) is 4.24. The molecule has 1 aliphatic rings. The van der Waals surface area contributed by atoms with Gasteiger partial charge in [0.05, 0.1) is 6.61 Å². The van der Waals surface area contributed by atoms with E-state index >= 15 is 0 Å². The first-order valence-corrected chi connectivity index (χ1v) is 8.19. The highest BCUT2D eigenvalue weighted by Gasteiger charge is 2.24. The predicted octanol–water partition coefficient (Wildman–Crippen LogP) is 4.69. The minimum Gasteiger partial charge on any atom is -0.494 e. The lowest BCUT2D eigenvalue weighted by atomic mass is 9.78. The van der Waals surface area contributed by atoms with Gasteiger partial charge in [0.25, 0.3) is 0 Å². The van der Waals surface area contributed by atoms with Crippen LogP contribution < -0.4 is 10.5 Å². The largest absolute Gasteiger partial charge is 0.494 e. The molecular weight excluding hydrogens is 246 g/mol. The summed E-state index contributed by atoms with van der Waals surface area (Å²) < 4.78 is 5.70. The van der Waals surface area contributed by atoms with Gasteiger partial charge in [-0.15, -0.1) is 0 Å². The Labute approximate surface area is 123 Å². The molecule has 2 N–H and O–H groups in total. The van der Waals surface area contributed by atoms with Crippen LogP contribution in [0.25, 0.3) is 0 Å². The average molecular weight is 275 g/mol. The van der Waals surface area contributed by atoms with E-state index in [0.29, 0.717) is 5.92 Å². The van der Waals surface area contributed by atoms with Crippen LogP contribution in [0, 0.1) is 11.8 Å². The zero-order chi connectivity index (χ0) is 14.4. The summed E-state index contributed by atoms with van der Waals surface area (Å²) in [6.07, 6.45) is 7.49. The molecule has 2 heteroatoms. The fourth-order valence-electron chi connectivity index (χ4n) is 3.04. The van der Waals surface area contributed by atoms with Crippen molar-refractivity contribution >= 4 is 0 Å². The molecule has 1 aliphatic carbocycles. The zero-order valence-corrected chi connectivity index (χ0v) is 13.0. The molecule has 1 aromatic carbocycles. The van der Waals surface area contributed by atoms with Crippen molar-refractivity contribution in [1.82, 2.24) is 0 Å². The molecule has 2 rings (SSSR count). The summed E-state index contributed by atoms with van der Waals surface area (Å²) in [5.74, 6) is 2.50. The third-order valence-electron chi connectivity index (χ3n) is 4.60. The molecule has 1 fully saturated rings. The maximum absolute atomic E-state index is 6.45. The Balaban J connectivity index is 1.88. The van der Waals surface area contributed by atoms with Gasteiger partial charge in [0.2, 0.25) is 0 Å². The molecule has 0 aromatic heterocycles. The number of benzene rings is 1. The van der Waals surface area contributed by atoms with Gasteiger partial charge in [-0.2, -0.15) is 0 Å². The molecule has 0 saturated heterocycles. The summed E-state index contributed by atoms with van der Waals surface area (Å²) >= 11 is 0. The second kappa shape index (κ2) is 7.68. The Morgan fingerprint density at radius 2 is 1.80 bits per heavy atom. The van der Waals surface area contributed by atoms with Crippen molar-refractivity contribution in [3.8, 4) is 5.75 Å². The lowest BCUT2D eigenvalue weighted by molar-refractivity contribution is 0.256. The van der Waals surface area contributed by atoms with Crippen LogP contribution in [-0.2, 0) is 0 Å². The highest BCUT2D eigenvalue weighted by atomic mass is 16.5.